The van der Waals surface area contributed by atoms with Crippen molar-refractivity contribution in [3.05, 3.63) is 68.4 Å². The smallest absolute Gasteiger partial charge is 0.124 e. The normalized spacial score (nSPS) is 12.4. The Bertz CT molecular complexity index is 601. The predicted molar refractivity (Wildman–Crippen MR) is 93.1 cm³/mol. The number of benzene rings is 2. The van der Waals surface area contributed by atoms with Gasteiger partial charge in [-0.15, -0.1) is 0 Å². The number of halogens is 3. The van der Waals surface area contributed by atoms with Gasteiger partial charge in [0.25, 0.3) is 0 Å². The number of nitrogens with one attached hydrogen (secondary N) is 1. The molecule has 4 heteroatoms. The SMILES string of the molecule is CNCC(Cc1cccc(Br)c1)Cc1ccc(F)cc1Br. The number of rotatable bonds is 6. The molecule has 0 fully saturated rings. The van der Waals surface area contributed by atoms with Gasteiger partial charge >= 0.3 is 0 Å². The van der Waals surface area contributed by atoms with Crippen molar-refractivity contribution in [2.45, 2.75) is 12.8 Å². The van der Waals surface area contributed by atoms with Crippen molar-refractivity contribution in [2.75, 3.05) is 13.6 Å². The maximum absolute atomic E-state index is 13.2. The van der Waals surface area contributed by atoms with Crippen LogP contribution < -0.4 is 5.32 Å². The summed E-state index contributed by atoms with van der Waals surface area (Å²) in [6.07, 6.45) is 1.90. The van der Waals surface area contributed by atoms with E-state index < -0.39 is 0 Å². The maximum atomic E-state index is 13.2. The van der Waals surface area contributed by atoms with Crippen molar-refractivity contribution in [3.8, 4) is 0 Å². The lowest BCUT2D eigenvalue weighted by atomic mass is 9.92. The Labute approximate surface area is 142 Å². The van der Waals surface area contributed by atoms with Gasteiger partial charge in [-0.2, -0.15) is 0 Å². The monoisotopic (exact) mass is 413 g/mol. The van der Waals surface area contributed by atoms with Gasteiger partial charge in [-0.05, 0) is 67.7 Å². The molecule has 1 unspecified atom stereocenters. The van der Waals surface area contributed by atoms with Gasteiger partial charge < -0.3 is 5.32 Å². The first kappa shape index (κ1) is 16.7. The second-order valence-corrected chi connectivity index (χ2v) is 6.97. The van der Waals surface area contributed by atoms with Crippen molar-refractivity contribution in [3.63, 3.8) is 0 Å². The molecule has 0 saturated carbocycles. The van der Waals surface area contributed by atoms with Crippen LogP contribution in [0.2, 0.25) is 0 Å². The van der Waals surface area contributed by atoms with Gasteiger partial charge in [0.1, 0.15) is 5.82 Å². The summed E-state index contributed by atoms with van der Waals surface area (Å²) in [5.41, 5.74) is 2.45. The first-order chi connectivity index (χ1) is 10.1. The van der Waals surface area contributed by atoms with Crippen molar-refractivity contribution >= 4 is 31.9 Å². The average Bonchev–Trinajstić information content (AvgIpc) is 2.42. The Kier molecular flexibility index (Phi) is 6.40. The lowest BCUT2D eigenvalue weighted by Gasteiger charge is -2.18. The molecule has 0 heterocycles. The lowest BCUT2D eigenvalue weighted by molar-refractivity contribution is 0.492. The van der Waals surface area contributed by atoms with Crippen LogP contribution in [0, 0.1) is 11.7 Å². The zero-order chi connectivity index (χ0) is 15.2. The standard InChI is InChI=1S/C17H18Br2FN/c1-21-11-13(7-12-3-2-4-15(18)9-12)8-14-5-6-16(20)10-17(14)19/h2-6,9-10,13,21H,7-8,11H2,1H3. The Morgan fingerprint density at radius 2 is 1.90 bits per heavy atom. The third kappa shape index (κ3) is 5.20. The van der Waals surface area contributed by atoms with Crippen molar-refractivity contribution in [1.29, 1.82) is 0 Å². The maximum Gasteiger partial charge on any atom is 0.124 e. The molecule has 1 N–H and O–H groups in total. The Morgan fingerprint density at radius 3 is 2.57 bits per heavy atom. The van der Waals surface area contributed by atoms with Gasteiger partial charge in [-0.25, -0.2) is 4.39 Å². The van der Waals surface area contributed by atoms with Gasteiger partial charge in [0.15, 0.2) is 0 Å². The molecular weight excluding hydrogens is 397 g/mol. The summed E-state index contributed by atoms with van der Waals surface area (Å²) in [5.74, 6) is 0.258. The van der Waals surface area contributed by atoms with Gasteiger partial charge in [0.2, 0.25) is 0 Å². The Hall–Kier alpha value is -0.710. The van der Waals surface area contributed by atoms with Crippen LogP contribution in [0.25, 0.3) is 0 Å². The van der Waals surface area contributed by atoms with Crippen LogP contribution in [0.15, 0.2) is 51.4 Å². The fraction of sp³-hybridized carbons (Fsp3) is 0.294. The molecular formula is C17H18Br2FN. The molecule has 0 aliphatic rings. The second-order valence-electron chi connectivity index (χ2n) is 5.20. The van der Waals surface area contributed by atoms with E-state index in [0.717, 1.165) is 33.9 Å². The Morgan fingerprint density at radius 1 is 1.10 bits per heavy atom. The molecule has 0 aliphatic carbocycles. The molecule has 0 amide bonds. The average molecular weight is 415 g/mol. The molecule has 112 valence electrons. The predicted octanol–water partition coefficient (Wildman–Crippen LogP) is 4.97. The highest BCUT2D eigenvalue weighted by molar-refractivity contribution is 9.10. The van der Waals surface area contributed by atoms with Gasteiger partial charge in [0, 0.05) is 8.95 Å². The molecule has 0 aromatic heterocycles. The fourth-order valence-corrected chi connectivity index (χ4v) is 3.46. The second kappa shape index (κ2) is 8.06. The Balaban J connectivity index is 2.11. The molecule has 0 aliphatic heterocycles. The molecule has 0 bridgehead atoms. The van der Waals surface area contributed by atoms with Crippen LogP contribution in [0.3, 0.4) is 0 Å². The quantitative estimate of drug-likeness (QED) is 0.703. The van der Waals surface area contributed by atoms with Crippen LogP contribution in [-0.2, 0) is 12.8 Å². The summed E-state index contributed by atoms with van der Waals surface area (Å²) >= 11 is 6.97. The van der Waals surface area contributed by atoms with E-state index in [2.05, 4.69) is 55.4 Å². The fourth-order valence-electron chi connectivity index (χ4n) is 2.50. The van der Waals surface area contributed by atoms with E-state index in [4.69, 9.17) is 0 Å². The van der Waals surface area contributed by atoms with E-state index in [0.29, 0.717) is 5.92 Å². The molecule has 2 aromatic rings. The van der Waals surface area contributed by atoms with Crippen LogP contribution in [0.4, 0.5) is 4.39 Å². The van der Waals surface area contributed by atoms with E-state index >= 15 is 0 Å². The van der Waals surface area contributed by atoms with Gasteiger partial charge in [0.05, 0.1) is 0 Å². The first-order valence-electron chi connectivity index (χ1n) is 6.91. The minimum atomic E-state index is -0.206. The summed E-state index contributed by atoms with van der Waals surface area (Å²) in [4.78, 5) is 0. The third-order valence-corrected chi connectivity index (χ3v) is 4.66. The molecule has 1 nitrogen and oxygen atoms in total. The zero-order valence-corrected chi connectivity index (χ0v) is 15.0. The summed E-state index contributed by atoms with van der Waals surface area (Å²) in [6, 6.07) is 13.3. The minimum Gasteiger partial charge on any atom is -0.319 e. The molecule has 21 heavy (non-hydrogen) atoms. The summed E-state index contributed by atoms with van der Waals surface area (Å²) in [7, 11) is 1.97. The summed E-state index contributed by atoms with van der Waals surface area (Å²) < 4.78 is 15.1. The molecule has 2 aromatic carbocycles. The highest BCUT2D eigenvalue weighted by Crippen LogP contribution is 2.23. The van der Waals surface area contributed by atoms with Crippen molar-refractivity contribution in [1.82, 2.24) is 5.32 Å². The molecule has 0 radical (unpaired) electrons. The van der Waals surface area contributed by atoms with Crippen LogP contribution in [-0.4, -0.2) is 13.6 Å². The van der Waals surface area contributed by atoms with Crippen molar-refractivity contribution in [2.24, 2.45) is 5.92 Å². The zero-order valence-electron chi connectivity index (χ0n) is 11.9. The van der Waals surface area contributed by atoms with E-state index in [1.807, 2.05) is 19.2 Å². The molecule has 1 atom stereocenters. The van der Waals surface area contributed by atoms with E-state index in [-0.39, 0.29) is 5.82 Å². The third-order valence-electron chi connectivity index (χ3n) is 3.43. The highest BCUT2D eigenvalue weighted by atomic mass is 79.9. The van der Waals surface area contributed by atoms with E-state index in [1.165, 1.54) is 17.7 Å². The lowest BCUT2D eigenvalue weighted by Crippen LogP contribution is -2.23. The first-order valence-corrected chi connectivity index (χ1v) is 8.50. The van der Waals surface area contributed by atoms with E-state index in [1.54, 1.807) is 0 Å². The van der Waals surface area contributed by atoms with Gasteiger partial charge in [-0.1, -0.05) is 50.1 Å². The minimum absolute atomic E-state index is 0.206. The molecule has 0 spiro atoms. The number of hydrogen-bond acceptors (Lipinski definition) is 1. The summed E-state index contributed by atoms with van der Waals surface area (Å²) in [6.45, 7) is 0.927. The van der Waals surface area contributed by atoms with E-state index in [9.17, 15) is 4.39 Å². The molecule has 0 saturated heterocycles. The van der Waals surface area contributed by atoms with Gasteiger partial charge in [-0.3, -0.25) is 0 Å². The van der Waals surface area contributed by atoms with Crippen LogP contribution >= 0.6 is 31.9 Å². The van der Waals surface area contributed by atoms with Crippen LogP contribution in [0.1, 0.15) is 11.1 Å². The molecule has 2 rings (SSSR count). The van der Waals surface area contributed by atoms with Crippen molar-refractivity contribution < 1.29 is 4.39 Å². The topological polar surface area (TPSA) is 12.0 Å². The van der Waals surface area contributed by atoms with Crippen LogP contribution in [0.5, 0.6) is 0 Å². The largest absolute Gasteiger partial charge is 0.319 e. The number of hydrogen-bond donors (Lipinski definition) is 1. The summed E-state index contributed by atoms with van der Waals surface area (Å²) in [5, 5.41) is 3.25. The highest BCUT2D eigenvalue weighted by Gasteiger charge is 2.13.